The smallest absolute Gasteiger partial charge is 0.0709 e. The molecule has 0 fully saturated rings. The molecule has 0 aliphatic rings. The van der Waals surface area contributed by atoms with E-state index < -0.39 is 0 Å². The number of rotatable bonds is 2. The van der Waals surface area contributed by atoms with Gasteiger partial charge in [-0.15, -0.1) is 11.6 Å². The maximum absolute atomic E-state index is 5.54. The second-order valence-electron chi connectivity index (χ2n) is 1.49. The van der Waals surface area contributed by atoms with Crippen molar-refractivity contribution in [3.8, 4) is 0 Å². The Morgan fingerprint density at radius 3 is 2.14 bits per heavy atom. The van der Waals surface area contributed by atoms with E-state index >= 15 is 0 Å². The monoisotopic (exact) mass is 122 g/mol. The van der Waals surface area contributed by atoms with E-state index in [1.165, 1.54) is 0 Å². The molecule has 0 aromatic heterocycles. The summed E-state index contributed by atoms with van der Waals surface area (Å²) in [6, 6.07) is 0. The molecule has 2 atom stereocenters. The van der Waals surface area contributed by atoms with Crippen LogP contribution in [0.15, 0.2) is 0 Å². The first-order chi connectivity index (χ1) is 3.18. The summed E-state index contributed by atoms with van der Waals surface area (Å²) in [5.74, 6) is 0. The molecule has 0 aliphatic carbocycles. The number of hydrogen-bond acceptors (Lipinski definition) is 2. The van der Waals surface area contributed by atoms with Crippen LogP contribution in [0.3, 0.4) is 0 Å². The van der Waals surface area contributed by atoms with Gasteiger partial charge in [-0.05, 0) is 14.0 Å². The van der Waals surface area contributed by atoms with Crippen LogP contribution in [0.4, 0.5) is 0 Å². The summed E-state index contributed by atoms with van der Waals surface area (Å²) in [5, 5.41) is 2.81. The standard InChI is InChI=1S/C4H11ClN2/c1-3(5)4(6)7-2/h3-4,7H,6H2,1-2H3/t3?,4-/m1/s1. The van der Waals surface area contributed by atoms with Gasteiger partial charge in [0, 0.05) is 0 Å². The normalized spacial score (nSPS) is 18.9. The fraction of sp³-hybridized carbons (Fsp3) is 1.00. The lowest BCUT2D eigenvalue weighted by Crippen LogP contribution is -2.40. The summed E-state index contributed by atoms with van der Waals surface area (Å²) < 4.78 is 0. The van der Waals surface area contributed by atoms with Gasteiger partial charge in [0.1, 0.15) is 0 Å². The molecule has 3 N–H and O–H groups in total. The lowest BCUT2D eigenvalue weighted by Gasteiger charge is -2.10. The van der Waals surface area contributed by atoms with Crippen molar-refractivity contribution in [2.45, 2.75) is 18.5 Å². The molecule has 0 heterocycles. The van der Waals surface area contributed by atoms with Crippen LogP contribution in [-0.2, 0) is 0 Å². The van der Waals surface area contributed by atoms with Crippen molar-refractivity contribution in [2.75, 3.05) is 7.05 Å². The Morgan fingerprint density at radius 2 is 2.14 bits per heavy atom. The lowest BCUT2D eigenvalue weighted by molar-refractivity contribution is 0.574. The highest BCUT2D eigenvalue weighted by atomic mass is 35.5. The maximum Gasteiger partial charge on any atom is 0.0709 e. The van der Waals surface area contributed by atoms with Gasteiger partial charge in [-0.2, -0.15) is 0 Å². The van der Waals surface area contributed by atoms with Crippen LogP contribution in [-0.4, -0.2) is 18.6 Å². The Labute approximate surface area is 49.0 Å². The van der Waals surface area contributed by atoms with Gasteiger partial charge in [0.25, 0.3) is 0 Å². The predicted octanol–water partition coefficient (Wildman–Crippen LogP) is 0.118. The van der Waals surface area contributed by atoms with Gasteiger partial charge in [0.05, 0.1) is 11.5 Å². The van der Waals surface area contributed by atoms with Crippen molar-refractivity contribution < 1.29 is 0 Å². The topological polar surface area (TPSA) is 38.0 Å². The Kier molecular flexibility index (Phi) is 3.34. The van der Waals surface area contributed by atoms with Crippen LogP contribution < -0.4 is 11.1 Å². The third kappa shape index (κ3) is 2.85. The molecule has 0 aliphatic heterocycles. The molecule has 1 unspecified atom stereocenters. The molecule has 0 saturated carbocycles. The van der Waals surface area contributed by atoms with E-state index in [0.29, 0.717) is 0 Å². The molecule has 0 bridgehead atoms. The van der Waals surface area contributed by atoms with Gasteiger partial charge in [-0.1, -0.05) is 0 Å². The van der Waals surface area contributed by atoms with E-state index in [0.717, 1.165) is 0 Å². The Balaban J connectivity index is 3.14. The Morgan fingerprint density at radius 1 is 1.71 bits per heavy atom. The molecule has 0 amide bonds. The van der Waals surface area contributed by atoms with Crippen LogP contribution in [0, 0.1) is 0 Å². The number of hydrogen-bond donors (Lipinski definition) is 2. The average molecular weight is 123 g/mol. The highest BCUT2D eigenvalue weighted by molar-refractivity contribution is 6.20. The second kappa shape index (κ2) is 3.24. The summed E-state index contributed by atoms with van der Waals surface area (Å²) in [4.78, 5) is 0. The SMILES string of the molecule is CN[C@@H](N)C(C)Cl. The van der Waals surface area contributed by atoms with Crippen LogP contribution in [0.2, 0.25) is 0 Å². The van der Waals surface area contributed by atoms with Gasteiger partial charge >= 0.3 is 0 Å². The molecular weight excluding hydrogens is 112 g/mol. The van der Waals surface area contributed by atoms with Crippen LogP contribution >= 0.6 is 11.6 Å². The highest BCUT2D eigenvalue weighted by Crippen LogP contribution is 1.93. The summed E-state index contributed by atoms with van der Waals surface area (Å²) in [7, 11) is 1.78. The van der Waals surface area contributed by atoms with E-state index in [1.54, 1.807) is 7.05 Å². The molecule has 3 heteroatoms. The molecule has 0 radical (unpaired) electrons. The molecule has 44 valence electrons. The van der Waals surface area contributed by atoms with Crippen molar-refractivity contribution in [1.82, 2.24) is 5.32 Å². The zero-order valence-electron chi connectivity index (χ0n) is 4.61. The zero-order chi connectivity index (χ0) is 5.86. The molecule has 0 aromatic rings. The lowest BCUT2D eigenvalue weighted by atomic mass is 10.4. The van der Waals surface area contributed by atoms with Crippen molar-refractivity contribution in [1.29, 1.82) is 0 Å². The first-order valence-electron chi connectivity index (χ1n) is 2.25. The third-order valence-electron chi connectivity index (χ3n) is 0.828. The molecule has 0 spiro atoms. The predicted molar refractivity (Wildman–Crippen MR) is 32.4 cm³/mol. The first kappa shape index (κ1) is 7.21. The van der Waals surface area contributed by atoms with E-state index in [-0.39, 0.29) is 11.5 Å². The van der Waals surface area contributed by atoms with Gasteiger partial charge < -0.3 is 11.1 Å². The van der Waals surface area contributed by atoms with Gasteiger partial charge in [0.15, 0.2) is 0 Å². The van der Waals surface area contributed by atoms with Crippen LogP contribution in [0.5, 0.6) is 0 Å². The largest absolute Gasteiger partial charge is 0.315 e. The molecule has 0 rings (SSSR count). The molecule has 0 saturated heterocycles. The Bertz CT molecular complexity index is 47.0. The molecular formula is C4H11ClN2. The summed E-state index contributed by atoms with van der Waals surface area (Å²) >= 11 is 5.54. The molecule has 7 heavy (non-hydrogen) atoms. The summed E-state index contributed by atoms with van der Waals surface area (Å²) in [6.45, 7) is 1.85. The zero-order valence-corrected chi connectivity index (χ0v) is 5.37. The molecule has 0 aromatic carbocycles. The minimum Gasteiger partial charge on any atom is -0.315 e. The van der Waals surface area contributed by atoms with Gasteiger partial charge in [-0.3, -0.25) is 0 Å². The van der Waals surface area contributed by atoms with E-state index in [1.807, 2.05) is 6.92 Å². The minimum atomic E-state index is -0.0818. The van der Waals surface area contributed by atoms with Gasteiger partial charge in [-0.25, -0.2) is 0 Å². The number of nitrogens with one attached hydrogen (secondary N) is 1. The maximum atomic E-state index is 5.54. The number of alkyl halides is 1. The van der Waals surface area contributed by atoms with E-state index in [9.17, 15) is 0 Å². The summed E-state index contributed by atoms with van der Waals surface area (Å²) in [6.07, 6.45) is -0.0818. The average Bonchev–Trinajstić information content (AvgIpc) is 1.65. The number of nitrogens with two attached hydrogens (primary N) is 1. The van der Waals surface area contributed by atoms with Gasteiger partial charge in [0.2, 0.25) is 0 Å². The third-order valence-corrected chi connectivity index (χ3v) is 1.10. The fourth-order valence-corrected chi connectivity index (χ4v) is 0.356. The fourth-order valence-electron chi connectivity index (χ4n) is 0.230. The first-order valence-corrected chi connectivity index (χ1v) is 2.69. The minimum absolute atomic E-state index is 0.00463. The van der Waals surface area contributed by atoms with Crippen molar-refractivity contribution >= 4 is 11.6 Å². The van der Waals surface area contributed by atoms with Crippen LogP contribution in [0.1, 0.15) is 6.92 Å². The molecule has 2 nitrogen and oxygen atoms in total. The van der Waals surface area contributed by atoms with Crippen molar-refractivity contribution in [3.63, 3.8) is 0 Å². The van der Waals surface area contributed by atoms with Crippen LogP contribution in [0.25, 0.3) is 0 Å². The number of halogens is 1. The quantitative estimate of drug-likeness (QED) is 0.403. The van der Waals surface area contributed by atoms with Crippen molar-refractivity contribution in [3.05, 3.63) is 0 Å². The van der Waals surface area contributed by atoms with Crippen molar-refractivity contribution in [2.24, 2.45) is 5.73 Å². The highest BCUT2D eigenvalue weighted by Gasteiger charge is 2.03. The summed E-state index contributed by atoms with van der Waals surface area (Å²) in [5.41, 5.74) is 5.37. The van der Waals surface area contributed by atoms with E-state index in [4.69, 9.17) is 17.3 Å². The Hall–Kier alpha value is 0.210. The van der Waals surface area contributed by atoms with E-state index in [2.05, 4.69) is 5.32 Å². The second-order valence-corrected chi connectivity index (χ2v) is 2.18.